The Labute approximate surface area is 180 Å². The monoisotopic (exact) mass is 426 g/mol. The number of nitrogens with one attached hydrogen (secondary N) is 2. The van der Waals surface area contributed by atoms with Gasteiger partial charge in [-0.1, -0.05) is 35.9 Å². The molecule has 9 heteroatoms. The quantitative estimate of drug-likeness (QED) is 0.416. The van der Waals surface area contributed by atoms with E-state index < -0.39 is 16.7 Å². The number of morpholine rings is 1. The minimum Gasteiger partial charge on any atom is -0.379 e. The van der Waals surface area contributed by atoms with Gasteiger partial charge >= 0.3 is 11.8 Å². The van der Waals surface area contributed by atoms with E-state index in [0.717, 1.165) is 24.2 Å². The summed E-state index contributed by atoms with van der Waals surface area (Å²) in [4.78, 5) is 37.6. The molecule has 1 saturated heterocycles. The van der Waals surface area contributed by atoms with Crippen LogP contribution in [0.5, 0.6) is 0 Å². The lowest BCUT2D eigenvalue weighted by Gasteiger charge is -2.35. The maximum atomic E-state index is 12.4. The fourth-order valence-corrected chi connectivity index (χ4v) is 3.48. The molecule has 0 aromatic heterocycles. The van der Waals surface area contributed by atoms with Crippen LogP contribution in [0.3, 0.4) is 0 Å². The molecule has 0 aliphatic carbocycles. The van der Waals surface area contributed by atoms with Crippen LogP contribution in [0.4, 0.5) is 11.4 Å². The van der Waals surface area contributed by atoms with E-state index in [1.54, 1.807) is 13.0 Å². The number of nitrogens with zero attached hydrogens (tertiary/aromatic N) is 2. The maximum Gasteiger partial charge on any atom is 0.313 e. The van der Waals surface area contributed by atoms with Gasteiger partial charge in [0.2, 0.25) is 0 Å². The summed E-state index contributed by atoms with van der Waals surface area (Å²) in [6.07, 6.45) is 0. The van der Waals surface area contributed by atoms with Gasteiger partial charge in [0.15, 0.2) is 0 Å². The summed E-state index contributed by atoms with van der Waals surface area (Å²) >= 11 is 0. The highest BCUT2D eigenvalue weighted by Gasteiger charge is 2.25. The Morgan fingerprint density at radius 3 is 2.35 bits per heavy atom. The van der Waals surface area contributed by atoms with Gasteiger partial charge in [0.1, 0.15) is 5.69 Å². The van der Waals surface area contributed by atoms with Crippen molar-refractivity contribution in [3.05, 3.63) is 69.3 Å². The van der Waals surface area contributed by atoms with Crippen molar-refractivity contribution in [2.45, 2.75) is 19.9 Å². The highest BCUT2D eigenvalue weighted by atomic mass is 16.6. The number of nitro groups is 1. The summed E-state index contributed by atoms with van der Waals surface area (Å²) in [7, 11) is 0. The van der Waals surface area contributed by atoms with Gasteiger partial charge in [-0.3, -0.25) is 24.6 Å². The van der Waals surface area contributed by atoms with E-state index in [1.807, 2.05) is 31.2 Å². The number of ether oxygens (including phenoxy) is 1. The molecule has 31 heavy (non-hydrogen) atoms. The molecule has 1 heterocycles. The van der Waals surface area contributed by atoms with Crippen LogP contribution in [0.25, 0.3) is 0 Å². The van der Waals surface area contributed by atoms with Crippen molar-refractivity contribution < 1.29 is 19.2 Å². The molecule has 0 bridgehead atoms. The highest BCUT2D eigenvalue weighted by Crippen LogP contribution is 2.25. The van der Waals surface area contributed by atoms with Crippen LogP contribution < -0.4 is 10.6 Å². The van der Waals surface area contributed by atoms with Crippen molar-refractivity contribution in [1.29, 1.82) is 0 Å². The van der Waals surface area contributed by atoms with Gasteiger partial charge in [-0.2, -0.15) is 0 Å². The Morgan fingerprint density at radius 1 is 1.06 bits per heavy atom. The first-order chi connectivity index (χ1) is 14.8. The summed E-state index contributed by atoms with van der Waals surface area (Å²) < 4.78 is 5.43. The van der Waals surface area contributed by atoms with Crippen LogP contribution in [0.15, 0.2) is 42.5 Å². The fraction of sp³-hybridized carbons (Fsp3) is 0.364. The zero-order valence-corrected chi connectivity index (χ0v) is 17.6. The molecule has 9 nitrogen and oxygen atoms in total. The number of nitro benzene ring substituents is 1. The van der Waals surface area contributed by atoms with Crippen molar-refractivity contribution in [1.82, 2.24) is 10.2 Å². The minimum atomic E-state index is -0.948. The maximum absolute atomic E-state index is 12.4. The van der Waals surface area contributed by atoms with Gasteiger partial charge in [0.05, 0.1) is 24.2 Å². The number of amides is 2. The number of carbonyl (C=O) groups excluding carboxylic acids is 2. The van der Waals surface area contributed by atoms with Gasteiger partial charge in [-0.25, -0.2) is 0 Å². The molecular formula is C22H26N4O5. The zero-order chi connectivity index (χ0) is 22.4. The Bertz CT molecular complexity index is 955. The van der Waals surface area contributed by atoms with E-state index >= 15 is 0 Å². The second-order valence-corrected chi connectivity index (χ2v) is 7.52. The zero-order valence-electron chi connectivity index (χ0n) is 17.6. The molecule has 0 unspecified atom stereocenters. The van der Waals surface area contributed by atoms with Gasteiger partial charge in [0.25, 0.3) is 5.69 Å². The number of carbonyl (C=O) groups is 2. The fourth-order valence-electron chi connectivity index (χ4n) is 3.48. The summed E-state index contributed by atoms with van der Waals surface area (Å²) in [5.41, 5.74) is 2.57. The highest BCUT2D eigenvalue weighted by molar-refractivity contribution is 6.39. The largest absolute Gasteiger partial charge is 0.379 e. The Morgan fingerprint density at radius 2 is 1.71 bits per heavy atom. The molecule has 1 atom stereocenters. The Kier molecular flexibility index (Phi) is 7.32. The predicted molar refractivity (Wildman–Crippen MR) is 116 cm³/mol. The number of hydrogen-bond donors (Lipinski definition) is 2. The predicted octanol–water partition coefficient (Wildman–Crippen LogP) is 2.34. The summed E-state index contributed by atoms with van der Waals surface area (Å²) in [6, 6.07) is 12.3. The number of hydrogen-bond acceptors (Lipinski definition) is 6. The molecular weight excluding hydrogens is 400 g/mol. The van der Waals surface area contributed by atoms with Crippen molar-refractivity contribution in [3.8, 4) is 0 Å². The van der Waals surface area contributed by atoms with Crippen molar-refractivity contribution in [3.63, 3.8) is 0 Å². The van der Waals surface area contributed by atoms with Crippen molar-refractivity contribution >= 4 is 23.2 Å². The summed E-state index contributed by atoms with van der Waals surface area (Å²) in [6.45, 7) is 6.59. The molecule has 2 aromatic rings. The number of anilines is 1. The molecule has 2 aromatic carbocycles. The van der Waals surface area contributed by atoms with Crippen molar-refractivity contribution in [2.24, 2.45) is 0 Å². The number of rotatable bonds is 6. The second kappa shape index (κ2) is 10.1. The second-order valence-electron chi connectivity index (χ2n) is 7.52. The first kappa shape index (κ1) is 22.4. The van der Waals surface area contributed by atoms with E-state index in [-0.39, 0.29) is 24.0 Å². The van der Waals surface area contributed by atoms with Crippen LogP contribution in [0.1, 0.15) is 22.7 Å². The molecule has 164 valence electrons. The molecule has 2 N–H and O–H groups in total. The van der Waals surface area contributed by atoms with Crippen LogP contribution >= 0.6 is 0 Å². The SMILES string of the molecule is Cc1ccc([C@H](CNC(=O)C(=O)Nc2ccc(C)cc2[N+](=O)[O-])N2CCOCC2)cc1. The number of aryl methyl sites for hydroxylation is 2. The van der Waals surface area contributed by atoms with E-state index in [4.69, 9.17) is 4.74 Å². The minimum absolute atomic E-state index is 0.0148. The third kappa shape index (κ3) is 5.87. The normalized spacial score (nSPS) is 15.2. The molecule has 1 aliphatic heterocycles. The first-order valence-corrected chi connectivity index (χ1v) is 10.1. The van der Waals surface area contributed by atoms with E-state index in [9.17, 15) is 19.7 Å². The summed E-state index contributed by atoms with van der Waals surface area (Å²) in [5.74, 6) is -1.79. The van der Waals surface area contributed by atoms with Gasteiger partial charge in [0, 0.05) is 25.7 Å². The van der Waals surface area contributed by atoms with E-state index in [2.05, 4.69) is 15.5 Å². The molecule has 3 rings (SSSR count). The Hall–Kier alpha value is -3.30. The molecule has 2 amide bonds. The van der Waals surface area contributed by atoms with Gasteiger partial charge < -0.3 is 15.4 Å². The topological polar surface area (TPSA) is 114 Å². The van der Waals surface area contributed by atoms with Gasteiger partial charge in [-0.05, 0) is 31.0 Å². The molecule has 1 fully saturated rings. The molecule has 0 saturated carbocycles. The van der Waals surface area contributed by atoms with Crippen LogP contribution in [0, 0.1) is 24.0 Å². The molecule has 0 spiro atoms. The molecule has 1 aliphatic rings. The lowest BCUT2D eigenvalue weighted by atomic mass is 10.0. The average molecular weight is 426 g/mol. The third-order valence-corrected chi connectivity index (χ3v) is 5.21. The number of benzene rings is 2. The third-order valence-electron chi connectivity index (χ3n) is 5.21. The average Bonchev–Trinajstić information content (AvgIpc) is 2.76. The van der Waals surface area contributed by atoms with Crippen LogP contribution in [0.2, 0.25) is 0 Å². The summed E-state index contributed by atoms with van der Waals surface area (Å²) in [5, 5.41) is 16.2. The lowest BCUT2D eigenvalue weighted by molar-refractivity contribution is -0.384. The van der Waals surface area contributed by atoms with E-state index in [1.165, 1.54) is 12.1 Å². The van der Waals surface area contributed by atoms with E-state index in [0.29, 0.717) is 18.8 Å². The molecule has 0 radical (unpaired) electrons. The van der Waals surface area contributed by atoms with Crippen LogP contribution in [-0.2, 0) is 14.3 Å². The lowest BCUT2D eigenvalue weighted by Crippen LogP contribution is -2.45. The standard InChI is InChI=1S/C22H26N4O5/c1-15-3-6-17(7-4-15)20(25-9-11-31-12-10-25)14-23-21(27)22(28)24-18-8-5-16(2)13-19(18)26(29)30/h3-8,13,20H,9-12,14H2,1-2H3,(H,23,27)(H,24,28)/t20-/m0/s1. The Balaban J connectivity index is 1.68. The first-order valence-electron chi connectivity index (χ1n) is 10.1. The van der Waals surface area contributed by atoms with Crippen molar-refractivity contribution in [2.75, 3.05) is 38.2 Å². The smallest absolute Gasteiger partial charge is 0.313 e. The van der Waals surface area contributed by atoms with Gasteiger partial charge in [-0.15, -0.1) is 0 Å². The van der Waals surface area contributed by atoms with Crippen LogP contribution in [-0.4, -0.2) is 54.5 Å².